The van der Waals surface area contributed by atoms with Crippen LogP contribution in [0.1, 0.15) is 83.1 Å². The third-order valence-corrected chi connectivity index (χ3v) is 7.11. The number of azo groups is 2. The van der Waals surface area contributed by atoms with E-state index >= 15 is 0 Å². The van der Waals surface area contributed by atoms with Gasteiger partial charge in [-0.2, -0.15) is 30.7 Å². The molecule has 0 atom stereocenters. The minimum Gasteiger partial charge on any atom is -0.487 e. The highest BCUT2D eigenvalue weighted by atomic mass is 32.2. The van der Waals surface area contributed by atoms with Crippen LogP contribution in [0.4, 0.5) is 0 Å². The third-order valence-electron chi connectivity index (χ3n) is 6.27. The zero-order valence-corrected chi connectivity index (χ0v) is 80.4. The number of methoxy groups -OCH3 is 2. The number of rotatable bonds is 21. The molecule has 0 saturated carbocycles. The standard InChI is InChI=1S/C6H10.3C5H9N.3C4H8N2.2C4H9N.2C3H7N3.4C3H8N2.2C3H7NO.2C3H7NS.2C2H7N3/c1-3-5-6-4-2;2*1-3-4-5-6-2;1-3-5-6-4-2;1-5-3-4-6-2;2*1-3-6-4-5-2;2*1-3-4-5-2;2*1-4-3-6-5-2;2*1-4-3-5-2;2*1-3-5-4-2;4*1-4-3-5-2;2*1-3-5-4-2/h3-6H,1-2H3;3*3-5H,1-2H3;3*3-4H,1-2H3;2*3-5H,1-2H3;2*3H,1-2H3;2*3H,1-2H3,(H,4,5);2*3-4H,1-2H3;4*3H,1-2H3;2*1-2H3,(H,3,4). The minimum absolute atomic E-state index is 1.38. The van der Waals surface area contributed by atoms with Crippen molar-refractivity contribution in [2.45, 2.75) is 83.1 Å². The summed E-state index contributed by atoms with van der Waals surface area (Å²) in [7, 11) is 47.7. The molecule has 0 bridgehead atoms. The Hall–Kier alpha value is -11.0. The lowest BCUT2D eigenvalue weighted by molar-refractivity contribution is 0.422. The first kappa shape index (κ1) is 159. The molecule has 666 valence electrons. The molecule has 0 fully saturated rings. The molecule has 37 nitrogen and oxygen atoms in total. The average molecular weight is 1660 g/mol. The van der Waals surface area contributed by atoms with Gasteiger partial charge in [-0.15, -0.1) is 33.8 Å². The Kier molecular flexibility index (Phi) is 391. The van der Waals surface area contributed by atoms with Crippen molar-refractivity contribution in [2.75, 3.05) is 210 Å². The van der Waals surface area contributed by atoms with Crippen LogP contribution in [0.15, 0.2) is 222 Å². The number of allylic oxidation sites excluding steroid dienone is 11. The van der Waals surface area contributed by atoms with Crippen molar-refractivity contribution in [1.82, 2.24) is 43.0 Å². The SMILES string of the molecule is CC=CC=CC.CC=CC=NC.CC=CC=NC.CC=CN=CC.CC=CNC.CC=CNC.CC=NC=NC.CC=NC=NC.CC=NNC.CC=NNC.CN=CC=NC.CN=CN=NC.CN=CN=NC.CN=CNC.CN=CNC.CN=COC.CN=COC.CN=CSC.CN=CSC.CN=NNC.CN=NNC. The quantitative estimate of drug-likeness (QED) is 0.0175. The molecular weight excluding hydrogens is 1490 g/mol. The van der Waals surface area contributed by atoms with Gasteiger partial charge in [-0.25, -0.2) is 0 Å². The molecule has 8 N–H and O–H groups in total. The molecule has 0 aromatic rings. The summed E-state index contributed by atoms with van der Waals surface area (Å²) in [5.74, 6) is 0. The maximum atomic E-state index is 4.40. The van der Waals surface area contributed by atoms with E-state index in [0.717, 1.165) is 0 Å². The van der Waals surface area contributed by atoms with Crippen molar-refractivity contribution in [1.29, 1.82) is 0 Å². The second kappa shape index (κ2) is 280. The molecule has 0 aliphatic carbocycles. The maximum Gasteiger partial charge on any atom is 0.168 e. The highest BCUT2D eigenvalue weighted by molar-refractivity contribution is 8.11. The largest absolute Gasteiger partial charge is 0.487 e. The second-order valence-corrected chi connectivity index (χ2v) is 16.5. The van der Waals surface area contributed by atoms with Gasteiger partial charge in [0.15, 0.2) is 12.8 Å². The number of nitrogens with one attached hydrogen (secondary N) is 8. The number of hydrogen-bond donors (Lipinski definition) is 8. The molecule has 114 heavy (non-hydrogen) atoms. The van der Waals surface area contributed by atoms with E-state index in [0.29, 0.717) is 0 Å². The Bertz CT molecular complexity index is 1750. The molecule has 39 heteroatoms. The van der Waals surface area contributed by atoms with Crippen molar-refractivity contribution < 1.29 is 9.47 Å². The van der Waals surface area contributed by atoms with Crippen molar-refractivity contribution in [3.05, 3.63) is 85.4 Å². The van der Waals surface area contributed by atoms with Crippen LogP contribution >= 0.6 is 23.5 Å². The molecule has 0 aromatic carbocycles. The zero-order chi connectivity index (χ0) is 92.9. The smallest absolute Gasteiger partial charge is 0.168 e. The van der Waals surface area contributed by atoms with Crippen LogP contribution < -0.4 is 43.0 Å². The van der Waals surface area contributed by atoms with Crippen molar-refractivity contribution >= 4 is 141 Å². The van der Waals surface area contributed by atoms with E-state index in [2.05, 4.69) is 189 Å². The molecule has 0 radical (unpaired) electrons. The highest BCUT2D eigenvalue weighted by Gasteiger charge is 1.58. The molecule has 0 aromatic heterocycles. The summed E-state index contributed by atoms with van der Waals surface area (Å²) in [6.07, 6.45) is 58.0. The molecule has 0 rings (SSSR count). The first-order valence-electron chi connectivity index (χ1n) is 34.3. The van der Waals surface area contributed by atoms with E-state index in [1.54, 1.807) is 279 Å². The van der Waals surface area contributed by atoms with Gasteiger partial charge in [-0.1, -0.05) is 65.1 Å². The molecule has 0 aliphatic heterocycles. The highest BCUT2D eigenvalue weighted by Crippen LogP contribution is 1.79. The van der Waals surface area contributed by atoms with Gasteiger partial charge in [0, 0.05) is 231 Å². The van der Waals surface area contributed by atoms with Gasteiger partial charge in [-0.3, -0.25) is 95.7 Å². The molecule has 0 amide bonds. The van der Waals surface area contributed by atoms with Gasteiger partial charge in [0.25, 0.3) is 0 Å². The van der Waals surface area contributed by atoms with E-state index in [4.69, 9.17) is 0 Å². The fourth-order valence-corrected chi connectivity index (χ4v) is 3.24. The Morgan fingerprint density at radius 2 is 0.570 bits per heavy atom. The number of aliphatic imine (C=N–C) groups is 17. The second-order valence-electron chi connectivity index (χ2n) is 15.2. The van der Waals surface area contributed by atoms with Crippen LogP contribution in [0, 0.1) is 0 Å². The topological polar surface area (TPSA) is 448 Å². The van der Waals surface area contributed by atoms with Gasteiger partial charge in [-0.05, 0) is 120 Å². The van der Waals surface area contributed by atoms with Crippen molar-refractivity contribution in [3.8, 4) is 0 Å². The summed E-state index contributed by atoms with van der Waals surface area (Å²) in [5, 5.41) is 45.4. The number of thioether (sulfide) groups is 2. The van der Waals surface area contributed by atoms with Gasteiger partial charge in [0.05, 0.1) is 52.1 Å². The lowest BCUT2D eigenvalue weighted by Crippen LogP contribution is -1.99. The van der Waals surface area contributed by atoms with Crippen LogP contribution in [0.3, 0.4) is 0 Å². The summed E-state index contributed by atoms with van der Waals surface area (Å²) in [4.78, 5) is 61.8. The Morgan fingerprint density at radius 3 is 0.623 bits per heavy atom. The molecule has 0 aliphatic rings. The Balaban J connectivity index is -0.0000000419. The van der Waals surface area contributed by atoms with Gasteiger partial charge in [0.1, 0.15) is 25.4 Å². The van der Waals surface area contributed by atoms with Crippen LogP contribution in [0.5, 0.6) is 0 Å². The van der Waals surface area contributed by atoms with E-state index < -0.39 is 0 Å². The molecule has 0 spiro atoms. The first-order valence-corrected chi connectivity index (χ1v) is 36.8. The summed E-state index contributed by atoms with van der Waals surface area (Å²) in [6.45, 7) is 23.1. The molecule has 0 heterocycles. The van der Waals surface area contributed by atoms with Crippen LogP contribution in [-0.2, 0) is 9.47 Å². The van der Waals surface area contributed by atoms with Gasteiger partial charge in [0.2, 0.25) is 0 Å². The number of ether oxygens (including phenoxy) is 2. The maximum absolute atomic E-state index is 4.40. The normalized spacial score (nSPS) is 10.4. The lowest BCUT2D eigenvalue weighted by atomic mass is 10.5. The third kappa shape index (κ3) is 631. The van der Waals surface area contributed by atoms with Crippen LogP contribution in [-0.4, -0.2) is 328 Å². The lowest BCUT2D eigenvalue weighted by Gasteiger charge is -1.75. The zero-order valence-electron chi connectivity index (χ0n) is 78.8. The monoisotopic (exact) mass is 1650 g/mol. The van der Waals surface area contributed by atoms with E-state index in [1.165, 1.54) is 38.2 Å². The van der Waals surface area contributed by atoms with Gasteiger partial charge >= 0.3 is 0 Å². The van der Waals surface area contributed by atoms with Crippen LogP contribution in [0.25, 0.3) is 0 Å². The molecular formula is C75H167N35O2S2. The summed E-state index contributed by atoms with van der Waals surface area (Å²) >= 11 is 3.22. The fraction of sp³-hybridized carbons (Fsp3) is 0.560. The number of nitrogens with zero attached hydrogens (tertiary/aromatic N) is 27. The minimum atomic E-state index is 1.38. The van der Waals surface area contributed by atoms with Crippen LogP contribution in [0.2, 0.25) is 0 Å². The Labute approximate surface area is 705 Å². The van der Waals surface area contributed by atoms with E-state index in [9.17, 15) is 0 Å². The molecule has 0 unspecified atom stereocenters. The Morgan fingerprint density at radius 1 is 0.272 bits per heavy atom. The fourth-order valence-electron chi connectivity index (χ4n) is 2.82. The number of hydrogen-bond acceptors (Lipinski definition) is 31. The van der Waals surface area contributed by atoms with E-state index in [1.807, 2.05) is 203 Å². The molecule has 0 saturated heterocycles. The number of hydrazone groups is 2. The van der Waals surface area contributed by atoms with Gasteiger partial charge < -0.3 is 41.6 Å². The van der Waals surface area contributed by atoms with E-state index in [-0.39, 0.29) is 0 Å². The first-order chi connectivity index (χ1) is 55.2. The average Bonchev–Trinajstić information content (AvgIpc) is 3.83. The predicted molar refractivity (Wildman–Crippen MR) is 533 cm³/mol. The predicted octanol–water partition coefficient (Wildman–Crippen LogP) is 14.2. The van der Waals surface area contributed by atoms with Crippen molar-refractivity contribution in [3.63, 3.8) is 0 Å². The summed E-state index contributed by atoms with van der Waals surface area (Å²) < 4.78 is 8.80. The summed E-state index contributed by atoms with van der Waals surface area (Å²) in [6, 6.07) is 0. The summed E-state index contributed by atoms with van der Waals surface area (Å²) in [5.41, 5.74) is 13.7. The van der Waals surface area contributed by atoms with Crippen molar-refractivity contribution in [2.24, 2.45) is 136 Å².